The van der Waals surface area contributed by atoms with Crippen molar-refractivity contribution in [2.24, 2.45) is 0 Å². The van der Waals surface area contributed by atoms with Crippen LogP contribution in [0.3, 0.4) is 0 Å². The molecule has 2 aromatic carbocycles. The molecule has 0 unspecified atom stereocenters. The van der Waals surface area contributed by atoms with E-state index in [1.54, 1.807) is 27.4 Å². The summed E-state index contributed by atoms with van der Waals surface area (Å²) >= 11 is 1.32. The number of hydrogen-bond donors (Lipinski definition) is 1. The maximum absolute atomic E-state index is 13.1. The Hall–Kier alpha value is -3.98. The number of nitrogens with zero attached hydrogens (tertiary/aromatic N) is 5. The van der Waals surface area contributed by atoms with Crippen LogP contribution in [0, 0.1) is 20.8 Å². The first kappa shape index (κ1) is 21.8. The fourth-order valence-corrected chi connectivity index (χ4v) is 4.74. The molecule has 0 aliphatic carbocycles. The Morgan fingerprint density at radius 2 is 1.71 bits per heavy atom. The Morgan fingerprint density at radius 1 is 0.971 bits per heavy atom. The SMILES string of the molecule is Cc1nc2c3ccccc3nc(SCC(=O)c3cc(C)n(NC(=O)c4ccccc4)c3C)n2n1. The lowest BCUT2D eigenvalue weighted by Gasteiger charge is -2.11. The molecule has 0 spiro atoms. The lowest BCUT2D eigenvalue weighted by Crippen LogP contribution is -2.25. The molecule has 0 atom stereocenters. The number of aryl methyl sites for hydroxylation is 2. The number of nitrogens with one attached hydrogen (secondary N) is 1. The molecule has 34 heavy (non-hydrogen) atoms. The predicted octanol–water partition coefficient (Wildman–Crippen LogP) is 4.36. The van der Waals surface area contributed by atoms with Crippen molar-refractivity contribution >= 4 is 40.0 Å². The van der Waals surface area contributed by atoms with E-state index in [-0.39, 0.29) is 17.4 Å². The summed E-state index contributed by atoms with van der Waals surface area (Å²) in [6, 6.07) is 18.5. The quantitative estimate of drug-likeness (QED) is 0.225. The van der Waals surface area contributed by atoms with Gasteiger partial charge in [0, 0.05) is 27.9 Å². The third-order valence-electron chi connectivity index (χ3n) is 5.57. The topological polar surface area (TPSA) is 94.2 Å². The molecule has 1 amide bonds. The second kappa shape index (κ2) is 8.75. The molecule has 0 saturated heterocycles. The third kappa shape index (κ3) is 3.94. The molecule has 5 rings (SSSR count). The van der Waals surface area contributed by atoms with Crippen LogP contribution in [0.25, 0.3) is 16.6 Å². The van der Waals surface area contributed by atoms with Gasteiger partial charge in [0.15, 0.2) is 16.6 Å². The van der Waals surface area contributed by atoms with Gasteiger partial charge in [-0.2, -0.15) is 4.52 Å². The van der Waals surface area contributed by atoms with Crippen molar-refractivity contribution < 1.29 is 9.59 Å². The maximum atomic E-state index is 13.1. The molecule has 3 aromatic heterocycles. The average molecular weight is 471 g/mol. The number of fused-ring (bicyclic) bond motifs is 3. The summed E-state index contributed by atoms with van der Waals surface area (Å²) in [6.07, 6.45) is 0. The Balaban J connectivity index is 1.39. The number of aromatic nitrogens is 5. The second-order valence-electron chi connectivity index (χ2n) is 7.94. The summed E-state index contributed by atoms with van der Waals surface area (Å²) in [5, 5.41) is 5.99. The van der Waals surface area contributed by atoms with Crippen molar-refractivity contribution in [1.29, 1.82) is 0 Å². The number of benzene rings is 2. The van der Waals surface area contributed by atoms with Crippen LogP contribution in [-0.4, -0.2) is 41.7 Å². The Kier molecular flexibility index (Phi) is 5.62. The number of Topliss-reactive ketones (excluding diaryl/α,β-unsaturated/α-hetero) is 1. The molecule has 5 aromatic rings. The van der Waals surface area contributed by atoms with Gasteiger partial charge in [-0.3, -0.25) is 19.7 Å². The summed E-state index contributed by atoms with van der Waals surface area (Å²) in [5.41, 5.74) is 6.96. The van der Waals surface area contributed by atoms with E-state index in [0.717, 1.165) is 22.2 Å². The zero-order chi connectivity index (χ0) is 23.8. The van der Waals surface area contributed by atoms with Crippen LogP contribution in [-0.2, 0) is 0 Å². The number of thioether (sulfide) groups is 1. The van der Waals surface area contributed by atoms with Crippen molar-refractivity contribution in [1.82, 2.24) is 24.3 Å². The van der Waals surface area contributed by atoms with Crippen LogP contribution in [0.1, 0.15) is 37.9 Å². The number of hydrogen-bond acceptors (Lipinski definition) is 6. The van der Waals surface area contributed by atoms with Crippen LogP contribution in [0.15, 0.2) is 65.8 Å². The van der Waals surface area contributed by atoms with E-state index in [9.17, 15) is 9.59 Å². The van der Waals surface area contributed by atoms with Gasteiger partial charge in [0.25, 0.3) is 5.91 Å². The van der Waals surface area contributed by atoms with Gasteiger partial charge >= 0.3 is 0 Å². The molecule has 8 nitrogen and oxygen atoms in total. The standard InChI is InChI=1S/C25H22N6O2S/c1-15-13-20(16(2)30(15)29-24(33)18-9-5-4-6-10-18)22(32)14-34-25-27-21-12-8-7-11-19(21)23-26-17(3)28-31(23)25/h4-13H,14H2,1-3H3,(H,29,33). The number of amides is 1. The molecule has 0 aliphatic rings. The molecular formula is C25H22N6O2S. The predicted molar refractivity (Wildman–Crippen MR) is 132 cm³/mol. The molecule has 1 N–H and O–H groups in total. The van der Waals surface area contributed by atoms with Crippen LogP contribution in [0.4, 0.5) is 0 Å². The largest absolute Gasteiger partial charge is 0.293 e. The Morgan fingerprint density at radius 3 is 2.50 bits per heavy atom. The van der Waals surface area contributed by atoms with Gasteiger partial charge < -0.3 is 0 Å². The summed E-state index contributed by atoms with van der Waals surface area (Å²) in [6.45, 7) is 5.51. The highest BCUT2D eigenvalue weighted by Crippen LogP contribution is 2.25. The van der Waals surface area contributed by atoms with Gasteiger partial charge in [-0.15, -0.1) is 5.10 Å². The second-order valence-corrected chi connectivity index (χ2v) is 8.89. The number of carbonyl (C=O) groups is 2. The van der Waals surface area contributed by atoms with Crippen LogP contribution in [0.5, 0.6) is 0 Å². The van der Waals surface area contributed by atoms with Crippen molar-refractivity contribution in [2.45, 2.75) is 25.9 Å². The smallest absolute Gasteiger partial charge is 0.270 e. The number of carbonyl (C=O) groups excluding carboxylic acids is 2. The third-order valence-corrected chi connectivity index (χ3v) is 6.50. The molecule has 3 heterocycles. The van der Waals surface area contributed by atoms with Crippen LogP contribution in [0.2, 0.25) is 0 Å². The Labute approximate surface area is 200 Å². The molecule has 0 fully saturated rings. The van der Waals surface area contributed by atoms with Gasteiger partial charge in [-0.05, 0) is 51.1 Å². The van der Waals surface area contributed by atoms with Crippen molar-refractivity contribution in [3.8, 4) is 0 Å². The highest BCUT2D eigenvalue weighted by atomic mass is 32.2. The minimum absolute atomic E-state index is 0.0572. The zero-order valence-corrected chi connectivity index (χ0v) is 19.8. The maximum Gasteiger partial charge on any atom is 0.270 e. The van der Waals surface area contributed by atoms with E-state index >= 15 is 0 Å². The highest BCUT2D eigenvalue weighted by Gasteiger charge is 2.19. The molecule has 9 heteroatoms. The minimum Gasteiger partial charge on any atom is -0.293 e. The van der Waals surface area contributed by atoms with E-state index in [1.165, 1.54) is 11.8 Å². The van der Waals surface area contributed by atoms with E-state index in [4.69, 9.17) is 4.98 Å². The number of ketones is 1. The molecule has 0 saturated carbocycles. The molecule has 0 aliphatic heterocycles. The molecule has 0 radical (unpaired) electrons. The lowest BCUT2D eigenvalue weighted by molar-refractivity contribution is 0.0999. The highest BCUT2D eigenvalue weighted by molar-refractivity contribution is 7.99. The van der Waals surface area contributed by atoms with Crippen molar-refractivity contribution in [3.05, 3.63) is 89.0 Å². The monoisotopic (exact) mass is 470 g/mol. The average Bonchev–Trinajstić information content (AvgIpc) is 3.37. The fraction of sp³-hybridized carbons (Fsp3) is 0.160. The first-order valence-corrected chi connectivity index (χ1v) is 11.7. The van der Waals surface area contributed by atoms with Crippen molar-refractivity contribution in [3.63, 3.8) is 0 Å². The number of rotatable bonds is 6. The summed E-state index contributed by atoms with van der Waals surface area (Å²) in [5.74, 6) is 0.526. The van der Waals surface area contributed by atoms with Gasteiger partial charge in [-0.1, -0.05) is 42.1 Å². The van der Waals surface area contributed by atoms with Gasteiger partial charge in [0.05, 0.1) is 11.3 Å². The van der Waals surface area contributed by atoms with Gasteiger partial charge in [0.1, 0.15) is 5.82 Å². The summed E-state index contributed by atoms with van der Waals surface area (Å²) in [4.78, 5) is 35.0. The summed E-state index contributed by atoms with van der Waals surface area (Å²) in [7, 11) is 0. The number of para-hydroxylation sites is 1. The van der Waals surface area contributed by atoms with E-state index in [1.807, 2.05) is 63.2 Å². The lowest BCUT2D eigenvalue weighted by atomic mass is 10.2. The fourth-order valence-electron chi connectivity index (χ4n) is 3.91. The van der Waals surface area contributed by atoms with Crippen LogP contribution >= 0.6 is 11.8 Å². The summed E-state index contributed by atoms with van der Waals surface area (Å²) < 4.78 is 3.35. The first-order chi connectivity index (χ1) is 16.4. The van der Waals surface area contributed by atoms with Crippen molar-refractivity contribution in [2.75, 3.05) is 11.2 Å². The minimum atomic E-state index is -0.236. The normalized spacial score (nSPS) is 11.3. The van der Waals surface area contributed by atoms with Gasteiger partial charge in [-0.25, -0.2) is 9.97 Å². The Bertz CT molecular complexity index is 1550. The molecule has 0 bridgehead atoms. The molecule has 170 valence electrons. The zero-order valence-electron chi connectivity index (χ0n) is 18.9. The van der Waals surface area contributed by atoms with E-state index < -0.39 is 0 Å². The van der Waals surface area contributed by atoms with E-state index in [0.29, 0.717) is 27.8 Å². The first-order valence-electron chi connectivity index (χ1n) is 10.8. The van der Waals surface area contributed by atoms with Crippen LogP contribution < -0.4 is 5.43 Å². The van der Waals surface area contributed by atoms with E-state index in [2.05, 4.69) is 15.5 Å². The van der Waals surface area contributed by atoms with Gasteiger partial charge in [0.2, 0.25) is 0 Å². The molecular weight excluding hydrogens is 448 g/mol.